The summed E-state index contributed by atoms with van der Waals surface area (Å²) in [5.41, 5.74) is 1.68. The summed E-state index contributed by atoms with van der Waals surface area (Å²) in [7, 11) is -1.75. The fourth-order valence-corrected chi connectivity index (χ4v) is 4.52. The summed E-state index contributed by atoms with van der Waals surface area (Å²) in [6.45, 7) is 3.94. The Morgan fingerprint density at radius 2 is 1.87 bits per heavy atom. The van der Waals surface area contributed by atoms with Crippen molar-refractivity contribution in [3.05, 3.63) is 41.2 Å². The first-order valence-electron chi connectivity index (χ1n) is 7.39. The van der Waals surface area contributed by atoms with Gasteiger partial charge in [0.05, 0.1) is 11.9 Å². The van der Waals surface area contributed by atoms with Crippen molar-refractivity contribution in [1.82, 2.24) is 14.1 Å². The van der Waals surface area contributed by atoms with Crippen LogP contribution in [-0.2, 0) is 17.1 Å². The van der Waals surface area contributed by atoms with Gasteiger partial charge in [-0.2, -0.15) is 9.40 Å². The average molecular weight is 355 g/mol. The molecule has 124 valence electrons. The monoisotopic (exact) mass is 354 g/mol. The van der Waals surface area contributed by atoms with Gasteiger partial charge in [-0.15, -0.1) is 0 Å². The smallest absolute Gasteiger partial charge is 0.246 e. The van der Waals surface area contributed by atoms with Crippen molar-refractivity contribution in [1.29, 1.82) is 0 Å². The molecular formula is C15H19ClN4O2S. The number of benzene rings is 1. The van der Waals surface area contributed by atoms with Gasteiger partial charge in [-0.25, -0.2) is 8.42 Å². The number of hydrogen-bond donors (Lipinski definition) is 0. The number of hydrogen-bond acceptors (Lipinski definition) is 4. The molecule has 1 saturated heterocycles. The van der Waals surface area contributed by atoms with Gasteiger partial charge in [0, 0.05) is 43.9 Å². The van der Waals surface area contributed by atoms with Crippen molar-refractivity contribution in [2.45, 2.75) is 11.8 Å². The summed E-state index contributed by atoms with van der Waals surface area (Å²) in [4.78, 5) is 2.43. The number of anilines is 1. The molecule has 2 aromatic rings. The lowest BCUT2D eigenvalue weighted by atomic mass is 10.2. The number of sulfonamides is 1. The molecule has 1 aromatic carbocycles. The number of halogens is 1. The standard InChI is InChI=1S/C15H19ClN4O2S/c1-12-15(11-17-18(12)2)23(21,22)20-8-6-19(7-9-20)14-5-3-4-13(16)10-14/h3-5,10-11H,6-9H2,1-2H3. The van der Waals surface area contributed by atoms with Crippen LogP contribution >= 0.6 is 11.6 Å². The third-order valence-electron chi connectivity index (χ3n) is 4.22. The lowest BCUT2D eigenvalue weighted by Crippen LogP contribution is -2.48. The van der Waals surface area contributed by atoms with E-state index in [9.17, 15) is 8.42 Å². The maximum atomic E-state index is 12.8. The quantitative estimate of drug-likeness (QED) is 0.844. The topological polar surface area (TPSA) is 58.4 Å². The lowest BCUT2D eigenvalue weighted by molar-refractivity contribution is 0.384. The van der Waals surface area contributed by atoms with Gasteiger partial charge in [-0.1, -0.05) is 17.7 Å². The van der Waals surface area contributed by atoms with Crippen LogP contribution in [0.15, 0.2) is 35.4 Å². The molecule has 0 radical (unpaired) electrons. The molecule has 3 rings (SSSR count). The molecule has 8 heteroatoms. The van der Waals surface area contributed by atoms with Crippen molar-refractivity contribution < 1.29 is 8.42 Å². The van der Waals surface area contributed by atoms with Crippen LogP contribution in [0, 0.1) is 6.92 Å². The van der Waals surface area contributed by atoms with Crippen LogP contribution < -0.4 is 4.90 Å². The second-order valence-corrected chi connectivity index (χ2v) is 7.93. The van der Waals surface area contributed by atoms with Crippen molar-refractivity contribution in [3.63, 3.8) is 0 Å². The zero-order valence-electron chi connectivity index (χ0n) is 13.1. The Hall–Kier alpha value is -1.57. The van der Waals surface area contributed by atoms with Gasteiger partial charge >= 0.3 is 0 Å². The summed E-state index contributed by atoms with van der Waals surface area (Å²) in [5, 5.41) is 4.72. The van der Waals surface area contributed by atoms with Gasteiger partial charge in [-0.05, 0) is 25.1 Å². The van der Waals surface area contributed by atoms with Crippen LogP contribution in [0.1, 0.15) is 5.69 Å². The molecule has 0 unspecified atom stereocenters. The minimum Gasteiger partial charge on any atom is -0.369 e. The first kappa shape index (κ1) is 16.3. The Bertz CT molecular complexity index is 811. The predicted molar refractivity (Wildman–Crippen MR) is 90.4 cm³/mol. The third kappa shape index (κ3) is 3.08. The molecule has 1 fully saturated rings. The summed E-state index contributed by atoms with van der Waals surface area (Å²) in [5.74, 6) is 0. The first-order chi connectivity index (χ1) is 10.9. The first-order valence-corrected chi connectivity index (χ1v) is 9.20. The van der Waals surface area contributed by atoms with Crippen LogP contribution in [0.25, 0.3) is 0 Å². The van der Waals surface area contributed by atoms with Gasteiger partial charge in [0.1, 0.15) is 4.90 Å². The molecule has 0 atom stereocenters. The third-order valence-corrected chi connectivity index (χ3v) is 6.46. The molecule has 0 amide bonds. The maximum absolute atomic E-state index is 12.8. The summed E-state index contributed by atoms with van der Waals surface area (Å²) in [6.07, 6.45) is 1.42. The van der Waals surface area contributed by atoms with E-state index in [1.54, 1.807) is 18.7 Å². The van der Waals surface area contributed by atoms with Gasteiger partial charge in [0.15, 0.2) is 0 Å². The minimum absolute atomic E-state index is 0.288. The SMILES string of the molecule is Cc1c(S(=O)(=O)N2CCN(c3cccc(Cl)c3)CC2)cnn1C. The van der Waals surface area contributed by atoms with E-state index in [0.717, 1.165) is 5.69 Å². The Morgan fingerprint density at radius 3 is 2.43 bits per heavy atom. The fourth-order valence-electron chi connectivity index (χ4n) is 2.73. The van der Waals surface area contributed by atoms with E-state index in [1.165, 1.54) is 10.5 Å². The van der Waals surface area contributed by atoms with Crippen LogP contribution in [0.4, 0.5) is 5.69 Å². The summed E-state index contributed by atoms with van der Waals surface area (Å²) in [6, 6.07) is 7.62. The normalized spacial score (nSPS) is 16.7. The van der Waals surface area contributed by atoms with E-state index in [2.05, 4.69) is 10.00 Å². The minimum atomic E-state index is -3.49. The number of nitrogens with zero attached hydrogens (tertiary/aromatic N) is 4. The van der Waals surface area contributed by atoms with Crippen LogP contribution in [0.5, 0.6) is 0 Å². The van der Waals surface area contributed by atoms with E-state index in [4.69, 9.17) is 11.6 Å². The zero-order chi connectivity index (χ0) is 16.6. The predicted octanol–water partition coefficient (Wildman–Crippen LogP) is 1.89. The molecule has 1 aliphatic rings. The highest BCUT2D eigenvalue weighted by Gasteiger charge is 2.31. The van der Waals surface area contributed by atoms with E-state index in [-0.39, 0.29) is 4.90 Å². The van der Waals surface area contributed by atoms with E-state index >= 15 is 0 Å². The number of aryl methyl sites for hydroxylation is 1. The van der Waals surface area contributed by atoms with Gasteiger partial charge < -0.3 is 4.90 Å². The van der Waals surface area contributed by atoms with Crippen molar-refractivity contribution in [2.75, 3.05) is 31.1 Å². The summed E-state index contributed by atoms with van der Waals surface area (Å²) >= 11 is 6.02. The largest absolute Gasteiger partial charge is 0.369 e. The van der Waals surface area contributed by atoms with Crippen LogP contribution in [0.3, 0.4) is 0 Å². The van der Waals surface area contributed by atoms with E-state index in [1.807, 2.05) is 24.3 Å². The molecule has 6 nitrogen and oxygen atoms in total. The average Bonchev–Trinajstić information content (AvgIpc) is 2.88. The highest BCUT2D eigenvalue weighted by Crippen LogP contribution is 2.24. The van der Waals surface area contributed by atoms with Gasteiger partial charge in [-0.3, -0.25) is 4.68 Å². The molecule has 0 saturated carbocycles. The molecule has 0 bridgehead atoms. The lowest BCUT2D eigenvalue weighted by Gasteiger charge is -2.35. The Balaban J connectivity index is 1.75. The number of rotatable bonds is 3. The van der Waals surface area contributed by atoms with Crippen LogP contribution in [-0.4, -0.2) is 48.7 Å². The second kappa shape index (κ2) is 6.14. The van der Waals surface area contributed by atoms with E-state index < -0.39 is 10.0 Å². The Kier molecular flexibility index (Phi) is 4.35. The molecule has 0 aliphatic carbocycles. The Labute approximate surface area is 141 Å². The summed E-state index contributed by atoms with van der Waals surface area (Å²) < 4.78 is 28.6. The highest BCUT2D eigenvalue weighted by molar-refractivity contribution is 7.89. The molecular weight excluding hydrogens is 336 g/mol. The van der Waals surface area contributed by atoms with Gasteiger partial charge in [0.2, 0.25) is 10.0 Å². The Morgan fingerprint density at radius 1 is 1.17 bits per heavy atom. The van der Waals surface area contributed by atoms with Crippen molar-refractivity contribution in [2.24, 2.45) is 7.05 Å². The molecule has 23 heavy (non-hydrogen) atoms. The maximum Gasteiger partial charge on any atom is 0.246 e. The zero-order valence-corrected chi connectivity index (χ0v) is 14.7. The fraction of sp³-hybridized carbons (Fsp3) is 0.400. The number of piperazine rings is 1. The van der Waals surface area contributed by atoms with Crippen molar-refractivity contribution in [3.8, 4) is 0 Å². The molecule has 0 spiro atoms. The second-order valence-electron chi connectivity index (χ2n) is 5.59. The number of aromatic nitrogens is 2. The molecule has 1 aromatic heterocycles. The molecule has 1 aliphatic heterocycles. The van der Waals surface area contributed by atoms with Crippen LogP contribution in [0.2, 0.25) is 5.02 Å². The molecule has 2 heterocycles. The highest BCUT2D eigenvalue weighted by atomic mass is 35.5. The van der Waals surface area contributed by atoms with Crippen molar-refractivity contribution >= 4 is 27.3 Å². The van der Waals surface area contributed by atoms with E-state index in [0.29, 0.717) is 36.9 Å². The molecule has 0 N–H and O–H groups in total. The van der Waals surface area contributed by atoms with Gasteiger partial charge in [0.25, 0.3) is 0 Å².